The molecule has 0 saturated carbocycles. The highest BCUT2D eigenvalue weighted by molar-refractivity contribution is 6.07. The van der Waals surface area contributed by atoms with Gasteiger partial charge in [-0.1, -0.05) is 60.7 Å². The normalized spacial score (nSPS) is 11.5. The number of benzene rings is 5. The Labute approximate surface area is 253 Å². The molecule has 218 valence electrons. The highest BCUT2D eigenvalue weighted by Gasteiger charge is 2.25. The van der Waals surface area contributed by atoms with E-state index in [1.165, 1.54) is 13.8 Å². The molecule has 0 unspecified atom stereocenters. The molecule has 44 heavy (non-hydrogen) atoms. The summed E-state index contributed by atoms with van der Waals surface area (Å²) in [5.74, 6) is 0.860. The fourth-order valence-electron chi connectivity index (χ4n) is 6.21. The van der Waals surface area contributed by atoms with Gasteiger partial charge in [0.2, 0.25) is 0 Å². The predicted octanol–water partition coefficient (Wildman–Crippen LogP) is 7.92. The largest absolute Gasteiger partial charge is 0.426 e. The van der Waals surface area contributed by atoms with Gasteiger partial charge >= 0.3 is 11.9 Å². The van der Waals surface area contributed by atoms with E-state index < -0.39 is 11.9 Å². The molecule has 7 rings (SSSR count). The molecule has 0 N–H and O–H groups in total. The van der Waals surface area contributed by atoms with E-state index in [2.05, 4.69) is 33.4 Å². The van der Waals surface area contributed by atoms with Gasteiger partial charge in [-0.3, -0.25) is 9.59 Å². The number of hydrogen-bond donors (Lipinski definition) is 0. The summed E-state index contributed by atoms with van der Waals surface area (Å²) in [5.41, 5.74) is 4.65. The molecule has 0 aliphatic rings. The number of aryl methyl sites for hydroxylation is 2. The molecule has 8 heteroatoms. The molecule has 0 aliphatic heterocycles. The second-order valence-electron chi connectivity index (χ2n) is 10.7. The standard InChI is InChI=1S/C36H30N4O4/c1-5-39-33-25-13-9-7-11-23(25)15-17-29(33)37-35(39)27-19-32(44-22(4)42)28(20-31(27)43-21(3)41)36-38-30-18-16-24-12-8-10-14-26(24)34(30)40(36)6-2/h7-20H,5-6H2,1-4H3. The molecular weight excluding hydrogens is 552 g/mol. The van der Waals surface area contributed by atoms with Gasteiger partial charge < -0.3 is 18.6 Å². The van der Waals surface area contributed by atoms with Crippen LogP contribution in [0.3, 0.4) is 0 Å². The third-order valence-corrected chi connectivity index (χ3v) is 7.97. The van der Waals surface area contributed by atoms with E-state index in [1.54, 1.807) is 12.1 Å². The second-order valence-corrected chi connectivity index (χ2v) is 10.7. The molecule has 0 bridgehead atoms. The summed E-state index contributed by atoms with van der Waals surface area (Å²) in [6.07, 6.45) is 0. The van der Waals surface area contributed by atoms with Crippen LogP contribution in [0, 0.1) is 0 Å². The van der Waals surface area contributed by atoms with Crippen molar-refractivity contribution in [3.05, 3.63) is 84.9 Å². The van der Waals surface area contributed by atoms with Gasteiger partial charge in [0, 0.05) is 37.7 Å². The van der Waals surface area contributed by atoms with Crippen molar-refractivity contribution in [2.24, 2.45) is 0 Å². The van der Waals surface area contributed by atoms with E-state index >= 15 is 0 Å². The molecule has 0 atom stereocenters. The van der Waals surface area contributed by atoms with Crippen LogP contribution in [-0.4, -0.2) is 31.0 Å². The van der Waals surface area contributed by atoms with Crippen molar-refractivity contribution in [2.75, 3.05) is 0 Å². The van der Waals surface area contributed by atoms with Crippen LogP contribution in [0.1, 0.15) is 27.7 Å². The lowest BCUT2D eigenvalue weighted by molar-refractivity contribution is -0.133. The topological polar surface area (TPSA) is 88.2 Å². The summed E-state index contributed by atoms with van der Waals surface area (Å²) in [6.45, 7) is 8.06. The molecule has 2 aromatic heterocycles. The maximum Gasteiger partial charge on any atom is 0.308 e. The molecule has 0 spiro atoms. The number of esters is 2. The van der Waals surface area contributed by atoms with Crippen molar-refractivity contribution >= 4 is 55.6 Å². The van der Waals surface area contributed by atoms with Gasteiger partial charge in [0.1, 0.15) is 23.1 Å². The molecule has 7 aromatic rings. The van der Waals surface area contributed by atoms with Crippen molar-refractivity contribution in [2.45, 2.75) is 40.8 Å². The highest BCUT2D eigenvalue weighted by Crippen LogP contribution is 2.43. The maximum absolute atomic E-state index is 12.5. The Kier molecular flexibility index (Phi) is 6.62. The number of ether oxygens (including phenoxy) is 2. The highest BCUT2D eigenvalue weighted by atomic mass is 16.5. The van der Waals surface area contributed by atoms with Gasteiger partial charge in [-0.05, 0) is 48.9 Å². The first-order chi connectivity index (χ1) is 21.4. The molecular formula is C36H30N4O4. The quantitative estimate of drug-likeness (QED) is 0.146. The van der Waals surface area contributed by atoms with Crippen LogP contribution in [0.5, 0.6) is 11.5 Å². The van der Waals surface area contributed by atoms with Gasteiger partial charge in [0.25, 0.3) is 0 Å². The van der Waals surface area contributed by atoms with Crippen LogP contribution in [0.15, 0.2) is 84.9 Å². The van der Waals surface area contributed by atoms with Crippen molar-refractivity contribution in [3.63, 3.8) is 0 Å². The summed E-state index contributed by atoms with van der Waals surface area (Å²) in [6, 6.07) is 27.9. The predicted molar refractivity (Wildman–Crippen MR) is 173 cm³/mol. The minimum absolute atomic E-state index is 0.303. The lowest BCUT2D eigenvalue weighted by Crippen LogP contribution is -2.09. The van der Waals surface area contributed by atoms with Gasteiger partial charge in [-0.2, -0.15) is 0 Å². The van der Waals surface area contributed by atoms with E-state index in [9.17, 15) is 9.59 Å². The van der Waals surface area contributed by atoms with Gasteiger partial charge in [-0.15, -0.1) is 0 Å². The number of imidazole rings is 2. The monoisotopic (exact) mass is 582 g/mol. The maximum atomic E-state index is 12.5. The zero-order chi connectivity index (χ0) is 30.5. The summed E-state index contributed by atoms with van der Waals surface area (Å²) in [7, 11) is 0. The summed E-state index contributed by atoms with van der Waals surface area (Å²) in [4.78, 5) is 34.9. The minimum atomic E-state index is -0.475. The third-order valence-electron chi connectivity index (χ3n) is 7.97. The Morgan fingerprint density at radius 1 is 0.614 bits per heavy atom. The SMILES string of the molecule is CCn1c(-c2cc(OC(C)=O)c(-c3nc4ccc5ccccc5c4n3CC)cc2OC(C)=O)nc2ccc3ccccc3c21. The Bertz CT molecular complexity index is 2120. The zero-order valence-electron chi connectivity index (χ0n) is 24.9. The van der Waals surface area contributed by atoms with E-state index in [0.29, 0.717) is 47.4 Å². The lowest BCUT2D eigenvalue weighted by Gasteiger charge is -2.17. The lowest BCUT2D eigenvalue weighted by atomic mass is 10.1. The molecule has 0 amide bonds. The smallest absolute Gasteiger partial charge is 0.308 e. The molecule has 0 aliphatic carbocycles. The molecule has 0 radical (unpaired) electrons. The number of carbonyl (C=O) groups excluding carboxylic acids is 2. The molecule has 0 fully saturated rings. The van der Waals surface area contributed by atoms with Crippen LogP contribution in [0.2, 0.25) is 0 Å². The molecule has 8 nitrogen and oxygen atoms in total. The van der Waals surface area contributed by atoms with E-state index in [4.69, 9.17) is 19.4 Å². The first-order valence-corrected chi connectivity index (χ1v) is 14.7. The fourth-order valence-corrected chi connectivity index (χ4v) is 6.21. The fraction of sp³-hybridized carbons (Fsp3) is 0.167. The first-order valence-electron chi connectivity index (χ1n) is 14.7. The van der Waals surface area contributed by atoms with Crippen LogP contribution in [-0.2, 0) is 22.7 Å². The number of hydrogen-bond acceptors (Lipinski definition) is 6. The second kappa shape index (κ2) is 10.6. The average molecular weight is 583 g/mol. The Morgan fingerprint density at radius 3 is 1.41 bits per heavy atom. The van der Waals surface area contributed by atoms with Gasteiger partial charge in [0.05, 0.1) is 33.2 Å². The summed E-state index contributed by atoms with van der Waals surface area (Å²) >= 11 is 0. The molecule has 2 heterocycles. The van der Waals surface area contributed by atoms with Crippen molar-refractivity contribution in [1.29, 1.82) is 0 Å². The first kappa shape index (κ1) is 27.3. The third kappa shape index (κ3) is 4.38. The van der Waals surface area contributed by atoms with E-state index in [-0.39, 0.29) is 0 Å². The van der Waals surface area contributed by atoms with Crippen molar-refractivity contribution in [1.82, 2.24) is 19.1 Å². The number of carbonyl (C=O) groups is 2. The van der Waals surface area contributed by atoms with Crippen LogP contribution in [0.25, 0.3) is 66.4 Å². The molecule has 5 aromatic carbocycles. The van der Waals surface area contributed by atoms with Gasteiger partial charge in [-0.25, -0.2) is 9.97 Å². The number of aromatic nitrogens is 4. The van der Waals surface area contributed by atoms with E-state index in [0.717, 1.165) is 43.6 Å². The summed E-state index contributed by atoms with van der Waals surface area (Å²) in [5, 5.41) is 4.34. The Hall–Kier alpha value is -5.50. The van der Waals surface area contributed by atoms with E-state index in [1.807, 2.05) is 62.4 Å². The van der Waals surface area contributed by atoms with Crippen LogP contribution < -0.4 is 9.47 Å². The van der Waals surface area contributed by atoms with Crippen LogP contribution in [0.4, 0.5) is 0 Å². The minimum Gasteiger partial charge on any atom is -0.426 e. The molecule has 0 saturated heterocycles. The zero-order valence-corrected chi connectivity index (χ0v) is 24.9. The number of fused-ring (bicyclic) bond motifs is 6. The Balaban J connectivity index is 1.54. The number of nitrogens with zero attached hydrogens (tertiary/aromatic N) is 4. The van der Waals surface area contributed by atoms with Gasteiger partial charge in [0.15, 0.2) is 0 Å². The van der Waals surface area contributed by atoms with Crippen molar-refractivity contribution < 1.29 is 19.1 Å². The number of rotatable bonds is 6. The van der Waals surface area contributed by atoms with Crippen LogP contribution >= 0.6 is 0 Å². The Morgan fingerprint density at radius 2 is 1.02 bits per heavy atom. The average Bonchev–Trinajstić information content (AvgIpc) is 3.59. The summed E-state index contributed by atoms with van der Waals surface area (Å²) < 4.78 is 15.9. The van der Waals surface area contributed by atoms with Crippen molar-refractivity contribution in [3.8, 4) is 34.3 Å².